The van der Waals surface area contributed by atoms with Crippen LogP contribution in [0.3, 0.4) is 0 Å². The lowest BCUT2D eigenvalue weighted by molar-refractivity contribution is -0.145. The molecule has 5 nitrogen and oxygen atoms in total. The van der Waals surface area contributed by atoms with Crippen LogP contribution in [-0.2, 0) is 18.4 Å². The summed E-state index contributed by atoms with van der Waals surface area (Å²) in [7, 11) is -4.07. The maximum atomic E-state index is 11.9. The number of carbonyl (C=O) groups is 1. The third-order valence-corrected chi connectivity index (χ3v) is 17.9. The van der Waals surface area contributed by atoms with E-state index in [0.717, 1.165) is 6.42 Å². The lowest BCUT2D eigenvalue weighted by Gasteiger charge is -2.45. The number of hydrogen-bond acceptors (Lipinski definition) is 5. The van der Waals surface area contributed by atoms with Gasteiger partial charge in [-0.3, -0.25) is 4.79 Å². The molecule has 0 rings (SSSR count). The third kappa shape index (κ3) is 10.5. The van der Waals surface area contributed by atoms with Gasteiger partial charge >= 0.3 is 5.97 Å². The van der Waals surface area contributed by atoms with E-state index < -0.39 is 22.7 Å². The van der Waals surface area contributed by atoms with E-state index in [4.69, 9.17) is 13.6 Å². The monoisotopic (exact) mass is 546 g/mol. The van der Waals surface area contributed by atoms with Crippen molar-refractivity contribution in [2.75, 3.05) is 6.61 Å². The molecule has 0 aromatic rings. The van der Waals surface area contributed by atoms with Gasteiger partial charge in [0.25, 0.3) is 0 Å². The number of aliphatic hydroxyl groups excluding tert-OH is 1. The molecule has 0 aliphatic heterocycles. The third-order valence-electron chi connectivity index (χ3n) is 8.97. The zero-order valence-electron chi connectivity index (χ0n) is 26.7. The highest BCUT2D eigenvalue weighted by Crippen LogP contribution is 2.42. The Hall–Kier alpha value is -0.216. The van der Waals surface area contributed by atoms with Crippen molar-refractivity contribution in [3.63, 3.8) is 0 Å². The highest BCUT2D eigenvalue weighted by atomic mass is 28.4. The van der Waals surface area contributed by atoms with Crippen LogP contribution in [0.5, 0.6) is 0 Å². The number of esters is 1. The van der Waals surface area contributed by atoms with E-state index in [2.05, 4.69) is 95.4 Å². The topological polar surface area (TPSA) is 65.0 Å². The first kappa shape index (κ1) is 35.8. The van der Waals surface area contributed by atoms with Gasteiger partial charge in [-0.25, -0.2) is 0 Å². The van der Waals surface area contributed by atoms with Crippen molar-refractivity contribution in [3.8, 4) is 0 Å². The number of rotatable bonds is 14. The van der Waals surface area contributed by atoms with E-state index in [-0.39, 0.29) is 51.9 Å². The van der Waals surface area contributed by atoms with Crippen LogP contribution in [0.15, 0.2) is 0 Å². The predicted molar refractivity (Wildman–Crippen MR) is 158 cm³/mol. The van der Waals surface area contributed by atoms with Gasteiger partial charge in [0, 0.05) is 18.3 Å². The van der Waals surface area contributed by atoms with Crippen LogP contribution in [-0.4, -0.2) is 52.6 Å². The normalized spacial score (nSPS) is 19.7. The van der Waals surface area contributed by atoms with Crippen molar-refractivity contribution >= 4 is 22.6 Å². The summed E-state index contributed by atoms with van der Waals surface area (Å²) in [6, 6.07) is 0. The molecule has 1 N–H and O–H groups in total. The van der Waals surface area contributed by atoms with Gasteiger partial charge in [-0.2, -0.15) is 0 Å². The molecule has 36 heavy (non-hydrogen) atoms. The van der Waals surface area contributed by atoms with E-state index in [9.17, 15) is 9.90 Å². The van der Waals surface area contributed by atoms with Crippen LogP contribution >= 0.6 is 0 Å². The van der Waals surface area contributed by atoms with Gasteiger partial charge in [0.1, 0.15) is 0 Å². The number of hydrogen-bond donors (Lipinski definition) is 1. The first-order valence-electron chi connectivity index (χ1n) is 14.2. The Morgan fingerprint density at radius 1 is 0.750 bits per heavy atom. The van der Waals surface area contributed by atoms with E-state index >= 15 is 0 Å². The van der Waals surface area contributed by atoms with Crippen molar-refractivity contribution in [1.29, 1.82) is 0 Å². The Bertz CT molecular complexity index is 664. The minimum atomic E-state index is -2.04. The molecule has 0 saturated carbocycles. The van der Waals surface area contributed by atoms with Crippen molar-refractivity contribution in [1.82, 2.24) is 0 Å². The fraction of sp³-hybridized carbons (Fsp3) is 0.966. The number of ether oxygens (including phenoxy) is 1. The lowest BCUT2D eigenvalue weighted by atomic mass is 9.81. The fourth-order valence-corrected chi connectivity index (χ4v) is 7.10. The van der Waals surface area contributed by atoms with Gasteiger partial charge in [0.2, 0.25) is 0 Å². The molecule has 0 aromatic heterocycles. The van der Waals surface area contributed by atoms with Crippen LogP contribution in [0, 0.1) is 23.7 Å². The molecule has 0 fully saturated rings. The molecule has 7 heteroatoms. The van der Waals surface area contributed by atoms with E-state index in [1.54, 1.807) is 0 Å². The predicted octanol–water partition coefficient (Wildman–Crippen LogP) is 8.04. The lowest BCUT2D eigenvalue weighted by Crippen LogP contribution is -2.50. The van der Waals surface area contributed by atoms with E-state index in [1.165, 1.54) is 0 Å². The Kier molecular flexibility index (Phi) is 13.6. The maximum absolute atomic E-state index is 11.9. The van der Waals surface area contributed by atoms with Crippen LogP contribution in [0.2, 0.25) is 36.3 Å². The van der Waals surface area contributed by atoms with Crippen LogP contribution < -0.4 is 0 Å². The molecule has 0 saturated heterocycles. The van der Waals surface area contributed by atoms with Crippen LogP contribution in [0.25, 0.3) is 0 Å². The summed E-state index contributed by atoms with van der Waals surface area (Å²) in [6.07, 6.45) is 0.811. The van der Waals surface area contributed by atoms with Crippen LogP contribution in [0.4, 0.5) is 0 Å². The van der Waals surface area contributed by atoms with Crippen molar-refractivity contribution < 1.29 is 23.5 Å². The summed E-state index contributed by atoms with van der Waals surface area (Å²) >= 11 is 0. The summed E-state index contributed by atoms with van der Waals surface area (Å²) in [5, 5.41) is 10.7. The molecule has 7 unspecified atom stereocenters. The summed E-state index contributed by atoms with van der Waals surface area (Å²) in [5.74, 6) is 0.447. The Morgan fingerprint density at radius 3 is 1.50 bits per heavy atom. The average molecular weight is 547 g/mol. The van der Waals surface area contributed by atoms with E-state index in [0.29, 0.717) is 13.0 Å². The van der Waals surface area contributed by atoms with Gasteiger partial charge in [-0.1, -0.05) is 76.2 Å². The minimum Gasteiger partial charge on any atom is -0.465 e. The molecule has 0 aliphatic rings. The zero-order valence-corrected chi connectivity index (χ0v) is 28.7. The van der Waals surface area contributed by atoms with Gasteiger partial charge in [0.15, 0.2) is 16.6 Å². The van der Waals surface area contributed by atoms with Crippen molar-refractivity contribution in [3.05, 3.63) is 0 Å². The first-order chi connectivity index (χ1) is 16.0. The van der Waals surface area contributed by atoms with Gasteiger partial charge < -0.3 is 18.7 Å². The fourth-order valence-electron chi connectivity index (χ4n) is 4.12. The second-order valence-corrected chi connectivity index (χ2v) is 24.0. The summed E-state index contributed by atoms with van der Waals surface area (Å²) in [6.45, 7) is 35.6. The molecular weight excluding hydrogens is 484 g/mol. The zero-order chi connectivity index (χ0) is 28.9. The van der Waals surface area contributed by atoms with Gasteiger partial charge in [-0.15, -0.1) is 0 Å². The largest absolute Gasteiger partial charge is 0.465 e. The molecule has 7 atom stereocenters. The Labute approximate surface area is 226 Å². The smallest absolute Gasteiger partial charge is 0.305 e. The second-order valence-electron chi connectivity index (χ2n) is 14.5. The number of carbonyl (C=O) groups excluding carboxylic acids is 1. The highest BCUT2D eigenvalue weighted by Gasteiger charge is 2.44. The minimum absolute atomic E-state index is 0.0200. The molecule has 0 aliphatic carbocycles. The molecule has 0 aromatic carbocycles. The Morgan fingerprint density at radius 2 is 1.14 bits per heavy atom. The maximum Gasteiger partial charge on any atom is 0.305 e. The first-order valence-corrected chi connectivity index (χ1v) is 20.0. The molecule has 216 valence electrons. The van der Waals surface area contributed by atoms with Gasteiger partial charge in [-0.05, 0) is 61.4 Å². The molecular formula is C29H62O5Si2. The molecule has 0 spiro atoms. The molecule has 0 radical (unpaired) electrons. The second kappa shape index (κ2) is 13.7. The molecule has 0 heterocycles. The van der Waals surface area contributed by atoms with E-state index in [1.807, 2.05) is 13.8 Å². The van der Waals surface area contributed by atoms with Crippen molar-refractivity contribution in [2.45, 2.75) is 151 Å². The van der Waals surface area contributed by atoms with Crippen LogP contribution in [0.1, 0.15) is 95.9 Å². The van der Waals surface area contributed by atoms with Crippen molar-refractivity contribution in [2.24, 2.45) is 23.7 Å². The summed E-state index contributed by atoms with van der Waals surface area (Å²) < 4.78 is 19.5. The Balaban J connectivity index is 6.00. The average Bonchev–Trinajstić information content (AvgIpc) is 2.71. The quantitative estimate of drug-likeness (QED) is 0.176. The standard InChI is InChI=1S/C29H62O5Si2/c1-17-25(31)32-19-22(4)26(33-35(13,14)28(7,8)9)20(2)18-21(3)27(23(5)24(6)30)34-36(15,16)29(10,11)12/h20-24,26-27,30H,17-19H2,1-16H3. The van der Waals surface area contributed by atoms with Gasteiger partial charge in [0.05, 0.1) is 24.9 Å². The summed E-state index contributed by atoms with van der Waals surface area (Å²) in [4.78, 5) is 11.9. The molecule has 0 amide bonds. The number of aliphatic hydroxyl groups is 1. The molecule has 0 bridgehead atoms. The summed E-state index contributed by atoms with van der Waals surface area (Å²) in [5.41, 5.74) is 0. The highest BCUT2D eigenvalue weighted by molar-refractivity contribution is 6.74. The SMILES string of the molecule is CCC(=O)OCC(C)C(O[Si](C)(C)C(C)(C)C)C(C)CC(C)C(O[Si](C)(C)C(C)(C)C)C(C)C(C)O.